The first-order valence-electron chi connectivity index (χ1n) is 7.76. The molecule has 0 saturated carbocycles. The average molecular weight is 276 g/mol. The predicted octanol–water partition coefficient (Wildman–Crippen LogP) is 5.09. The van der Waals surface area contributed by atoms with Crippen LogP contribution in [0.1, 0.15) is 51.5 Å². The molecule has 20 heavy (non-hydrogen) atoms. The summed E-state index contributed by atoms with van der Waals surface area (Å²) in [7, 11) is 0. The van der Waals surface area contributed by atoms with Crippen LogP contribution in [0.5, 0.6) is 5.75 Å². The third-order valence-electron chi connectivity index (χ3n) is 3.30. The molecule has 1 rings (SSSR count). The zero-order valence-corrected chi connectivity index (χ0v) is 13.0. The van der Waals surface area contributed by atoms with Gasteiger partial charge in [-0.15, -0.1) is 0 Å². The van der Waals surface area contributed by atoms with Gasteiger partial charge in [-0.25, -0.2) is 0 Å². The quantitative estimate of drug-likeness (QED) is 0.524. The minimum absolute atomic E-state index is 0.602. The summed E-state index contributed by atoms with van der Waals surface area (Å²) in [5.41, 5.74) is 2.45. The smallest absolute Gasteiger partial charge is 0.119 e. The molecule has 1 aromatic rings. The van der Waals surface area contributed by atoms with Crippen molar-refractivity contribution in [2.75, 3.05) is 19.8 Å². The molecule has 0 N–H and O–H groups in total. The van der Waals surface area contributed by atoms with Gasteiger partial charge in [-0.1, -0.05) is 44.9 Å². The maximum Gasteiger partial charge on any atom is 0.119 e. The molecule has 0 aromatic heterocycles. The van der Waals surface area contributed by atoms with E-state index >= 15 is 0 Å². The highest BCUT2D eigenvalue weighted by Gasteiger charge is 2.00. The van der Waals surface area contributed by atoms with E-state index in [9.17, 15) is 0 Å². The van der Waals surface area contributed by atoms with Crippen LogP contribution in [-0.4, -0.2) is 19.8 Å². The van der Waals surface area contributed by atoms with E-state index in [2.05, 4.69) is 25.6 Å². The Morgan fingerprint density at radius 3 is 2.40 bits per heavy atom. The van der Waals surface area contributed by atoms with E-state index in [-0.39, 0.29) is 0 Å². The second-order valence-corrected chi connectivity index (χ2v) is 4.98. The fourth-order valence-electron chi connectivity index (χ4n) is 2.06. The van der Waals surface area contributed by atoms with Crippen molar-refractivity contribution >= 4 is 5.57 Å². The SMILES string of the molecule is C=C(CCCCCC)c1ccc(OCCOCC)cc1. The minimum Gasteiger partial charge on any atom is -0.491 e. The monoisotopic (exact) mass is 276 g/mol. The standard InChI is InChI=1S/C18H28O2/c1-4-6-7-8-9-16(3)17-10-12-18(13-11-17)20-15-14-19-5-2/h10-13H,3-9,14-15H2,1-2H3. The Labute approximate surface area is 123 Å². The average Bonchev–Trinajstić information content (AvgIpc) is 2.48. The molecule has 112 valence electrons. The van der Waals surface area contributed by atoms with Crippen LogP contribution in [0.2, 0.25) is 0 Å². The summed E-state index contributed by atoms with van der Waals surface area (Å²) < 4.78 is 10.8. The fraction of sp³-hybridized carbons (Fsp3) is 0.556. The summed E-state index contributed by atoms with van der Waals surface area (Å²) in [6, 6.07) is 8.22. The highest BCUT2D eigenvalue weighted by Crippen LogP contribution is 2.22. The molecule has 0 aliphatic carbocycles. The molecule has 0 spiro atoms. The van der Waals surface area contributed by atoms with Crippen LogP contribution in [-0.2, 0) is 4.74 Å². The normalized spacial score (nSPS) is 10.5. The minimum atomic E-state index is 0.602. The van der Waals surface area contributed by atoms with E-state index in [0.29, 0.717) is 13.2 Å². The summed E-state index contributed by atoms with van der Waals surface area (Å²) >= 11 is 0. The van der Waals surface area contributed by atoms with Crippen molar-refractivity contribution in [1.82, 2.24) is 0 Å². The molecule has 0 fully saturated rings. The summed E-state index contributed by atoms with van der Waals surface area (Å²) in [6.45, 7) is 10.4. The molecule has 0 radical (unpaired) electrons. The Kier molecular flexibility index (Phi) is 8.81. The van der Waals surface area contributed by atoms with Crippen molar-refractivity contribution < 1.29 is 9.47 Å². The van der Waals surface area contributed by atoms with Crippen molar-refractivity contribution in [2.45, 2.75) is 46.0 Å². The van der Waals surface area contributed by atoms with Gasteiger partial charge < -0.3 is 9.47 Å². The highest BCUT2D eigenvalue weighted by atomic mass is 16.5. The molecule has 0 amide bonds. The molecule has 0 heterocycles. The van der Waals surface area contributed by atoms with E-state index in [0.717, 1.165) is 18.8 Å². The molecule has 0 saturated heterocycles. The van der Waals surface area contributed by atoms with Gasteiger partial charge in [0.15, 0.2) is 0 Å². The largest absolute Gasteiger partial charge is 0.491 e. The first-order valence-corrected chi connectivity index (χ1v) is 7.76. The number of hydrogen-bond donors (Lipinski definition) is 0. The maximum atomic E-state index is 5.60. The zero-order chi connectivity index (χ0) is 14.6. The van der Waals surface area contributed by atoms with Gasteiger partial charge in [-0.05, 0) is 43.0 Å². The number of rotatable bonds is 11. The van der Waals surface area contributed by atoms with Crippen molar-refractivity contribution in [1.29, 1.82) is 0 Å². The van der Waals surface area contributed by atoms with Crippen LogP contribution in [0.15, 0.2) is 30.8 Å². The molecule has 0 atom stereocenters. The second-order valence-electron chi connectivity index (χ2n) is 4.98. The Balaban J connectivity index is 2.31. The topological polar surface area (TPSA) is 18.5 Å². The lowest BCUT2D eigenvalue weighted by Gasteiger charge is -2.09. The first kappa shape index (κ1) is 16.8. The number of ether oxygens (including phenoxy) is 2. The molecular weight excluding hydrogens is 248 g/mol. The molecule has 2 nitrogen and oxygen atoms in total. The van der Waals surface area contributed by atoms with E-state index in [1.165, 1.54) is 36.8 Å². The van der Waals surface area contributed by atoms with Crippen LogP contribution in [0, 0.1) is 0 Å². The van der Waals surface area contributed by atoms with Crippen molar-refractivity contribution in [3.05, 3.63) is 36.4 Å². The molecule has 1 aromatic carbocycles. The van der Waals surface area contributed by atoms with Crippen LogP contribution in [0.4, 0.5) is 0 Å². The Morgan fingerprint density at radius 1 is 1.00 bits per heavy atom. The van der Waals surface area contributed by atoms with Gasteiger partial charge in [-0.2, -0.15) is 0 Å². The first-order chi connectivity index (χ1) is 9.77. The van der Waals surface area contributed by atoms with Crippen molar-refractivity contribution in [3.63, 3.8) is 0 Å². The summed E-state index contributed by atoms with van der Waals surface area (Å²) in [6.07, 6.45) is 6.22. The number of unbranched alkanes of at least 4 members (excludes halogenated alkanes) is 3. The zero-order valence-electron chi connectivity index (χ0n) is 13.0. The highest BCUT2D eigenvalue weighted by molar-refractivity contribution is 5.63. The van der Waals surface area contributed by atoms with Crippen LogP contribution >= 0.6 is 0 Å². The number of allylic oxidation sites excluding steroid dienone is 1. The Hall–Kier alpha value is -1.28. The molecule has 0 unspecified atom stereocenters. The number of hydrogen-bond acceptors (Lipinski definition) is 2. The third-order valence-corrected chi connectivity index (χ3v) is 3.30. The van der Waals surface area contributed by atoms with Crippen LogP contribution in [0.25, 0.3) is 5.57 Å². The van der Waals surface area contributed by atoms with Gasteiger partial charge in [0, 0.05) is 6.61 Å². The molecule has 0 bridgehead atoms. The maximum absolute atomic E-state index is 5.60. The van der Waals surface area contributed by atoms with Gasteiger partial charge in [-0.3, -0.25) is 0 Å². The Bertz CT molecular complexity index is 368. The summed E-state index contributed by atoms with van der Waals surface area (Å²) in [5.74, 6) is 0.896. The van der Waals surface area contributed by atoms with Gasteiger partial charge in [0.05, 0.1) is 6.61 Å². The number of benzene rings is 1. The molecule has 2 heteroatoms. The summed E-state index contributed by atoms with van der Waals surface area (Å²) in [4.78, 5) is 0. The predicted molar refractivity (Wildman–Crippen MR) is 86.2 cm³/mol. The van der Waals surface area contributed by atoms with Gasteiger partial charge >= 0.3 is 0 Å². The molecule has 0 aliphatic rings. The lowest BCUT2D eigenvalue weighted by molar-refractivity contribution is 0.110. The van der Waals surface area contributed by atoms with E-state index in [4.69, 9.17) is 9.47 Å². The van der Waals surface area contributed by atoms with Crippen molar-refractivity contribution in [3.8, 4) is 5.75 Å². The van der Waals surface area contributed by atoms with Gasteiger partial charge in [0.2, 0.25) is 0 Å². The molecule has 0 aliphatic heterocycles. The van der Waals surface area contributed by atoms with Crippen molar-refractivity contribution in [2.24, 2.45) is 0 Å². The van der Waals surface area contributed by atoms with Gasteiger partial charge in [0.25, 0.3) is 0 Å². The second kappa shape index (κ2) is 10.5. The van der Waals surface area contributed by atoms with Crippen LogP contribution < -0.4 is 4.74 Å². The Morgan fingerprint density at radius 2 is 1.75 bits per heavy atom. The fourth-order valence-corrected chi connectivity index (χ4v) is 2.06. The van der Waals surface area contributed by atoms with E-state index < -0.39 is 0 Å². The van der Waals surface area contributed by atoms with Gasteiger partial charge in [0.1, 0.15) is 12.4 Å². The summed E-state index contributed by atoms with van der Waals surface area (Å²) in [5, 5.41) is 0. The molecular formula is C18H28O2. The van der Waals surface area contributed by atoms with E-state index in [1.807, 2.05) is 19.1 Å². The van der Waals surface area contributed by atoms with E-state index in [1.54, 1.807) is 0 Å². The van der Waals surface area contributed by atoms with Crippen LogP contribution in [0.3, 0.4) is 0 Å². The lowest BCUT2D eigenvalue weighted by atomic mass is 10.0. The third kappa shape index (κ3) is 6.76. The lowest BCUT2D eigenvalue weighted by Crippen LogP contribution is -2.06.